The van der Waals surface area contributed by atoms with Crippen molar-refractivity contribution in [3.63, 3.8) is 0 Å². The first kappa shape index (κ1) is 10.9. The van der Waals surface area contributed by atoms with Crippen LogP contribution in [0.3, 0.4) is 0 Å². The highest BCUT2D eigenvalue weighted by Gasteiger charge is 2.21. The quantitative estimate of drug-likeness (QED) is 0.605. The number of hydrogen-bond donors (Lipinski definition) is 2. The topological polar surface area (TPSA) is 50.4 Å². The van der Waals surface area contributed by atoms with E-state index in [-0.39, 0.29) is 6.54 Å². The summed E-state index contributed by atoms with van der Waals surface area (Å²) in [6.07, 6.45) is 2.22. The van der Waals surface area contributed by atoms with Crippen LogP contribution in [0.2, 0.25) is 0 Å². The SMILES string of the molecule is NC(=NCc1ccc(F)c(F)c1)NC1CC1. The lowest BCUT2D eigenvalue weighted by molar-refractivity contribution is 0.507. The average molecular weight is 225 g/mol. The zero-order valence-corrected chi connectivity index (χ0v) is 8.71. The molecule has 16 heavy (non-hydrogen) atoms. The summed E-state index contributed by atoms with van der Waals surface area (Å²) < 4.78 is 25.5. The van der Waals surface area contributed by atoms with Crippen LogP contribution in [0.4, 0.5) is 8.78 Å². The van der Waals surface area contributed by atoms with Gasteiger partial charge in [-0.25, -0.2) is 13.8 Å². The number of nitrogens with one attached hydrogen (secondary N) is 1. The Balaban J connectivity index is 1.94. The Bertz CT molecular complexity index is 414. The number of rotatable bonds is 3. The third kappa shape index (κ3) is 2.92. The molecule has 0 atom stereocenters. The predicted molar refractivity (Wildman–Crippen MR) is 57.8 cm³/mol. The summed E-state index contributed by atoms with van der Waals surface area (Å²) in [5.41, 5.74) is 6.20. The molecule has 0 saturated heterocycles. The maximum Gasteiger partial charge on any atom is 0.189 e. The molecule has 0 radical (unpaired) electrons. The van der Waals surface area contributed by atoms with Crippen molar-refractivity contribution in [2.45, 2.75) is 25.4 Å². The Morgan fingerprint density at radius 1 is 1.38 bits per heavy atom. The Kier molecular flexibility index (Phi) is 3.03. The van der Waals surface area contributed by atoms with E-state index >= 15 is 0 Å². The highest BCUT2D eigenvalue weighted by atomic mass is 19.2. The van der Waals surface area contributed by atoms with Crippen LogP contribution in [0.25, 0.3) is 0 Å². The molecule has 1 aliphatic carbocycles. The second-order valence-corrected chi connectivity index (χ2v) is 3.87. The second-order valence-electron chi connectivity index (χ2n) is 3.87. The number of guanidine groups is 1. The summed E-state index contributed by atoms with van der Waals surface area (Å²) in [7, 11) is 0. The Hall–Kier alpha value is -1.65. The van der Waals surface area contributed by atoms with E-state index < -0.39 is 11.6 Å². The zero-order valence-electron chi connectivity index (χ0n) is 8.71. The summed E-state index contributed by atoms with van der Waals surface area (Å²) in [4.78, 5) is 4.04. The molecule has 0 aromatic heterocycles. The van der Waals surface area contributed by atoms with Crippen LogP contribution in [0.15, 0.2) is 23.2 Å². The Morgan fingerprint density at radius 2 is 2.12 bits per heavy atom. The molecule has 0 heterocycles. The maximum absolute atomic E-state index is 12.9. The van der Waals surface area contributed by atoms with Gasteiger partial charge in [0.15, 0.2) is 17.6 Å². The lowest BCUT2D eigenvalue weighted by atomic mass is 10.2. The van der Waals surface area contributed by atoms with Crippen LogP contribution < -0.4 is 11.1 Å². The molecule has 1 saturated carbocycles. The standard InChI is InChI=1S/C11H13F2N3/c12-9-4-1-7(5-10(9)13)6-15-11(14)16-8-2-3-8/h1,4-5,8H,2-3,6H2,(H3,14,15,16). The predicted octanol–water partition coefficient (Wildman–Crippen LogP) is 1.53. The molecule has 0 amide bonds. The molecule has 86 valence electrons. The van der Waals surface area contributed by atoms with Gasteiger partial charge in [0.2, 0.25) is 0 Å². The molecule has 0 spiro atoms. The van der Waals surface area contributed by atoms with Gasteiger partial charge in [-0.3, -0.25) is 0 Å². The summed E-state index contributed by atoms with van der Waals surface area (Å²) in [6.45, 7) is 0.253. The molecule has 1 aliphatic rings. The minimum absolute atomic E-state index is 0.253. The average Bonchev–Trinajstić information content (AvgIpc) is 3.04. The van der Waals surface area contributed by atoms with Crippen LogP contribution in [-0.4, -0.2) is 12.0 Å². The molecule has 1 aromatic rings. The third-order valence-corrected chi connectivity index (χ3v) is 2.35. The number of halogens is 2. The molecule has 1 fully saturated rings. The number of nitrogens with two attached hydrogens (primary N) is 1. The van der Waals surface area contributed by atoms with Gasteiger partial charge < -0.3 is 11.1 Å². The van der Waals surface area contributed by atoms with Gasteiger partial charge in [0, 0.05) is 6.04 Å². The smallest absolute Gasteiger partial charge is 0.189 e. The van der Waals surface area contributed by atoms with Crippen molar-refractivity contribution in [1.82, 2.24) is 5.32 Å². The fourth-order valence-electron chi connectivity index (χ4n) is 1.30. The van der Waals surface area contributed by atoms with Crippen LogP contribution >= 0.6 is 0 Å². The van der Waals surface area contributed by atoms with Crippen LogP contribution in [0, 0.1) is 11.6 Å². The van der Waals surface area contributed by atoms with Crippen LogP contribution in [0.1, 0.15) is 18.4 Å². The number of hydrogen-bond acceptors (Lipinski definition) is 1. The molecular weight excluding hydrogens is 212 g/mol. The van der Waals surface area contributed by atoms with Crippen LogP contribution in [-0.2, 0) is 6.54 Å². The van der Waals surface area contributed by atoms with E-state index in [4.69, 9.17) is 5.73 Å². The van der Waals surface area contributed by atoms with Gasteiger partial charge in [0.1, 0.15) is 0 Å². The van der Waals surface area contributed by atoms with Crippen molar-refractivity contribution >= 4 is 5.96 Å². The monoisotopic (exact) mass is 225 g/mol. The first-order valence-corrected chi connectivity index (χ1v) is 5.15. The molecule has 2 rings (SSSR count). The summed E-state index contributed by atoms with van der Waals surface area (Å²) >= 11 is 0. The lowest BCUT2D eigenvalue weighted by Gasteiger charge is -2.03. The first-order valence-electron chi connectivity index (χ1n) is 5.15. The minimum atomic E-state index is -0.860. The van der Waals surface area contributed by atoms with Crippen molar-refractivity contribution in [2.24, 2.45) is 10.7 Å². The maximum atomic E-state index is 12.9. The van der Waals surface area contributed by atoms with E-state index in [9.17, 15) is 8.78 Å². The van der Waals surface area contributed by atoms with Crippen LogP contribution in [0.5, 0.6) is 0 Å². The van der Waals surface area contributed by atoms with E-state index in [0.717, 1.165) is 25.0 Å². The van der Waals surface area contributed by atoms with Gasteiger partial charge in [0.05, 0.1) is 6.54 Å². The van der Waals surface area contributed by atoms with Crippen molar-refractivity contribution in [3.8, 4) is 0 Å². The lowest BCUT2D eigenvalue weighted by Crippen LogP contribution is -2.33. The molecule has 5 heteroatoms. The summed E-state index contributed by atoms with van der Waals surface area (Å²) in [6, 6.07) is 4.15. The van der Waals surface area contributed by atoms with E-state index in [1.54, 1.807) is 0 Å². The van der Waals surface area contributed by atoms with Gasteiger partial charge in [-0.2, -0.15) is 0 Å². The van der Waals surface area contributed by atoms with E-state index in [0.29, 0.717) is 17.6 Å². The summed E-state index contributed by atoms with van der Waals surface area (Å²) in [5.74, 6) is -1.36. The highest BCUT2D eigenvalue weighted by Crippen LogP contribution is 2.18. The molecule has 0 bridgehead atoms. The Labute approximate surface area is 92.4 Å². The molecule has 0 aliphatic heterocycles. The van der Waals surface area contributed by atoms with Gasteiger partial charge in [-0.1, -0.05) is 6.07 Å². The summed E-state index contributed by atoms with van der Waals surface area (Å²) in [5, 5.41) is 3.01. The first-order chi connectivity index (χ1) is 7.65. The Morgan fingerprint density at radius 3 is 2.75 bits per heavy atom. The van der Waals surface area contributed by atoms with Gasteiger partial charge in [-0.15, -0.1) is 0 Å². The van der Waals surface area contributed by atoms with Crippen molar-refractivity contribution in [2.75, 3.05) is 0 Å². The fraction of sp³-hybridized carbons (Fsp3) is 0.364. The van der Waals surface area contributed by atoms with Crippen molar-refractivity contribution < 1.29 is 8.78 Å². The molecule has 3 nitrogen and oxygen atoms in total. The highest BCUT2D eigenvalue weighted by molar-refractivity contribution is 5.78. The fourth-order valence-corrected chi connectivity index (χ4v) is 1.30. The van der Waals surface area contributed by atoms with Gasteiger partial charge in [-0.05, 0) is 30.5 Å². The van der Waals surface area contributed by atoms with Crippen molar-refractivity contribution in [1.29, 1.82) is 0 Å². The van der Waals surface area contributed by atoms with Gasteiger partial charge in [0.25, 0.3) is 0 Å². The van der Waals surface area contributed by atoms with E-state index in [1.165, 1.54) is 6.07 Å². The minimum Gasteiger partial charge on any atom is -0.370 e. The number of benzene rings is 1. The van der Waals surface area contributed by atoms with Crippen molar-refractivity contribution in [3.05, 3.63) is 35.4 Å². The molecule has 0 unspecified atom stereocenters. The third-order valence-electron chi connectivity index (χ3n) is 2.35. The van der Waals surface area contributed by atoms with Gasteiger partial charge >= 0.3 is 0 Å². The molecule has 3 N–H and O–H groups in total. The zero-order chi connectivity index (χ0) is 11.5. The molecular formula is C11H13F2N3. The molecule has 1 aromatic carbocycles. The largest absolute Gasteiger partial charge is 0.370 e. The second kappa shape index (κ2) is 4.47. The number of aliphatic imine (C=N–C) groups is 1. The number of nitrogens with zero attached hydrogens (tertiary/aromatic N) is 1. The van der Waals surface area contributed by atoms with E-state index in [2.05, 4.69) is 10.3 Å². The van der Waals surface area contributed by atoms with E-state index in [1.807, 2.05) is 0 Å². The normalized spacial score (nSPS) is 16.2.